The molecule has 2 aromatic carbocycles. The number of carbonyl (C=O) groups excluding carboxylic acids is 2. The Kier molecular flexibility index (Phi) is 6.40. The number of carbonyl (C=O) groups is 2. The molecule has 3 rings (SSSR count). The van der Waals surface area contributed by atoms with Crippen LogP contribution in [0.15, 0.2) is 53.6 Å². The van der Waals surface area contributed by atoms with E-state index in [-0.39, 0.29) is 0 Å². The van der Waals surface area contributed by atoms with Gasteiger partial charge in [0.15, 0.2) is 0 Å². The van der Waals surface area contributed by atoms with Gasteiger partial charge in [-0.2, -0.15) is 5.10 Å². The Morgan fingerprint density at radius 2 is 1.70 bits per heavy atom. The van der Waals surface area contributed by atoms with Crippen molar-refractivity contribution in [3.63, 3.8) is 0 Å². The Balaban J connectivity index is 1.68. The molecule has 0 aromatic heterocycles. The lowest BCUT2D eigenvalue weighted by molar-refractivity contribution is -0.131. The van der Waals surface area contributed by atoms with Crippen LogP contribution in [0.5, 0.6) is 11.5 Å². The second-order valence-electron chi connectivity index (χ2n) is 7.75. The van der Waals surface area contributed by atoms with Gasteiger partial charge >= 0.3 is 6.03 Å². The summed E-state index contributed by atoms with van der Waals surface area (Å²) in [4.78, 5) is 25.3. The fraction of sp³-hybridized carbons (Fsp3) is 0.348. The van der Waals surface area contributed by atoms with Crippen molar-refractivity contribution in [3.05, 3.63) is 59.7 Å². The highest BCUT2D eigenvalue weighted by Crippen LogP contribution is 2.30. The number of ether oxygens (including phenoxy) is 2. The molecule has 1 saturated heterocycles. The van der Waals surface area contributed by atoms with Crippen molar-refractivity contribution in [2.75, 3.05) is 13.7 Å². The maximum Gasteiger partial charge on any atom is 0.346 e. The molecule has 0 spiro atoms. The molecule has 3 amide bonds. The Morgan fingerprint density at radius 1 is 1.07 bits per heavy atom. The molecule has 1 heterocycles. The Labute approximate surface area is 176 Å². The van der Waals surface area contributed by atoms with Crippen molar-refractivity contribution in [1.82, 2.24) is 10.3 Å². The molecule has 1 aliphatic heterocycles. The summed E-state index contributed by atoms with van der Waals surface area (Å²) in [6.45, 7) is 6.63. The smallest absolute Gasteiger partial charge is 0.346 e. The fourth-order valence-corrected chi connectivity index (χ4v) is 3.04. The van der Waals surface area contributed by atoms with Crippen molar-refractivity contribution < 1.29 is 19.1 Å². The molecule has 158 valence electrons. The summed E-state index contributed by atoms with van der Waals surface area (Å²) >= 11 is 0. The Bertz CT molecular complexity index is 922. The molecule has 1 fully saturated rings. The number of hydrogen-bond donors (Lipinski definition) is 1. The number of hydrogen-bond acceptors (Lipinski definition) is 5. The van der Waals surface area contributed by atoms with E-state index in [1.807, 2.05) is 24.3 Å². The minimum absolute atomic E-state index is 0.442. The van der Waals surface area contributed by atoms with E-state index >= 15 is 0 Å². The Hall–Kier alpha value is -3.35. The van der Waals surface area contributed by atoms with Crippen LogP contribution in [-0.4, -0.2) is 36.9 Å². The topological polar surface area (TPSA) is 80.2 Å². The molecular weight excluding hydrogens is 382 g/mol. The molecule has 1 atom stereocenters. The van der Waals surface area contributed by atoms with Gasteiger partial charge in [-0.15, -0.1) is 5.01 Å². The van der Waals surface area contributed by atoms with Gasteiger partial charge in [0.25, 0.3) is 5.91 Å². The summed E-state index contributed by atoms with van der Waals surface area (Å²) in [5.41, 5.74) is 0.224. The highest BCUT2D eigenvalue weighted by molar-refractivity contribution is 6.07. The van der Waals surface area contributed by atoms with E-state index in [0.29, 0.717) is 23.8 Å². The maximum absolute atomic E-state index is 12.9. The lowest BCUT2D eigenvalue weighted by Gasteiger charge is -2.21. The summed E-state index contributed by atoms with van der Waals surface area (Å²) in [5.74, 6) is 1.59. The highest BCUT2D eigenvalue weighted by atomic mass is 16.5. The molecule has 30 heavy (non-hydrogen) atoms. The number of urea groups is 1. The van der Waals surface area contributed by atoms with Crippen molar-refractivity contribution in [2.45, 2.75) is 32.7 Å². The van der Waals surface area contributed by atoms with Gasteiger partial charge in [-0.3, -0.25) is 4.79 Å². The first-order valence-electron chi connectivity index (χ1n) is 9.91. The van der Waals surface area contributed by atoms with Crippen molar-refractivity contribution in [3.8, 4) is 11.5 Å². The van der Waals surface area contributed by atoms with Gasteiger partial charge in [-0.1, -0.05) is 26.0 Å². The van der Waals surface area contributed by atoms with Gasteiger partial charge in [0, 0.05) is 0 Å². The van der Waals surface area contributed by atoms with Crippen LogP contribution < -0.4 is 14.8 Å². The first kappa shape index (κ1) is 21.4. The van der Waals surface area contributed by atoms with Crippen LogP contribution in [0.1, 0.15) is 38.3 Å². The zero-order valence-electron chi connectivity index (χ0n) is 17.7. The molecule has 7 heteroatoms. The van der Waals surface area contributed by atoms with E-state index in [0.717, 1.165) is 22.7 Å². The number of hydrazone groups is 1. The van der Waals surface area contributed by atoms with Gasteiger partial charge < -0.3 is 14.8 Å². The number of methoxy groups -OCH3 is 1. The second kappa shape index (κ2) is 8.98. The lowest BCUT2D eigenvalue weighted by Crippen LogP contribution is -2.40. The van der Waals surface area contributed by atoms with E-state index in [4.69, 9.17) is 9.47 Å². The molecule has 1 unspecified atom stereocenters. The molecule has 0 saturated carbocycles. The number of benzene rings is 2. The summed E-state index contributed by atoms with van der Waals surface area (Å²) in [6.07, 6.45) is 2.47. The third-order valence-electron chi connectivity index (χ3n) is 5.00. The molecule has 0 radical (unpaired) electrons. The molecular formula is C23H27N3O4. The SMILES string of the molecule is COc1ccc(C2(C)NC(=O)N(/N=C/c3ccc(OCCC(C)C)cc3)C2=O)cc1. The zero-order chi connectivity index (χ0) is 21.7. The van der Waals surface area contributed by atoms with Crippen LogP contribution >= 0.6 is 0 Å². The van der Waals surface area contributed by atoms with Gasteiger partial charge in [-0.25, -0.2) is 4.79 Å². The summed E-state index contributed by atoms with van der Waals surface area (Å²) in [5, 5.41) is 7.69. The van der Waals surface area contributed by atoms with E-state index in [2.05, 4.69) is 24.3 Å². The minimum atomic E-state index is -1.19. The second-order valence-corrected chi connectivity index (χ2v) is 7.75. The molecule has 0 aliphatic carbocycles. The van der Waals surface area contributed by atoms with Crippen molar-refractivity contribution in [2.24, 2.45) is 11.0 Å². The van der Waals surface area contributed by atoms with Gasteiger partial charge in [-0.05, 0) is 66.8 Å². The lowest BCUT2D eigenvalue weighted by atomic mass is 9.92. The van der Waals surface area contributed by atoms with E-state index in [9.17, 15) is 9.59 Å². The number of nitrogens with one attached hydrogen (secondary N) is 1. The summed E-state index contributed by atoms with van der Waals surface area (Å²) < 4.78 is 10.8. The van der Waals surface area contributed by atoms with Gasteiger partial charge in [0.1, 0.15) is 17.0 Å². The average Bonchev–Trinajstić information content (AvgIpc) is 2.96. The van der Waals surface area contributed by atoms with Crippen LogP contribution in [0.25, 0.3) is 0 Å². The molecule has 2 aromatic rings. The van der Waals surface area contributed by atoms with E-state index in [1.54, 1.807) is 38.3 Å². The van der Waals surface area contributed by atoms with Crippen molar-refractivity contribution >= 4 is 18.2 Å². The van der Waals surface area contributed by atoms with Crippen LogP contribution in [-0.2, 0) is 10.3 Å². The minimum Gasteiger partial charge on any atom is -0.497 e. The molecule has 7 nitrogen and oxygen atoms in total. The maximum atomic E-state index is 12.9. The monoisotopic (exact) mass is 409 g/mol. The fourth-order valence-electron chi connectivity index (χ4n) is 3.04. The number of amides is 3. The van der Waals surface area contributed by atoms with Crippen molar-refractivity contribution in [1.29, 1.82) is 0 Å². The summed E-state index contributed by atoms with van der Waals surface area (Å²) in [7, 11) is 1.57. The first-order chi connectivity index (χ1) is 14.3. The van der Waals surface area contributed by atoms with Crippen LogP contribution in [0.2, 0.25) is 0 Å². The zero-order valence-corrected chi connectivity index (χ0v) is 17.7. The molecule has 1 N–H and O–H groups in total. The van der Waals surface area contributed by atoms with E-state index < -0.39 is 17.5 Å². The van der Waals surface area contributed by atoms with Crippen LogP contribution in [0.4, 0.5) is 4.79 Å². The number of rotatable bonds is 8. The van der Waals surface area contributed by atoms with E-state index in [1.165, 1.54) is 6.21 Å². The molecule has 0 bridgehead atoms. The average molecular weight is 409 g/mol. The van der Waals surface area contributed by atoms with Gasteiger partial charge in [0.2, 0.25) is 0 Å². The number of imide groups is 1. The predicted octanol–water partition coefficient (Wildman–Crippen LogP) is 3.92. The first-order valence-corrected chi connectivity index (χ1v) is 9.91. The summed E-state index contributed by atoms with van der Waals surface area (Å²) in [6, 6.07) is 13.8. The number of nitrogens with zero attached hydrogens (tertiary/aromatic N) is 2. The third kappa shape index (κ3) is 4.62. The third-order valence-corrected chi connectivity index (χ3v) is 5.00. The quantitative estimate of drug-likeness (QED) is 0.529. The van der Waals surface area contributed by atoms with Gasteiger partial charge in [0.05, 0.1) is 19.9 Å². The largest absolute Gasteiger partial charge is 0.497 e. The molecule has 1 aliphatic rings. The Morgan fingerprint density at radius 3 is 2.30 bits per heavy atom. The predicted molar refractivity (Wildman–Crippen MR) is 115 cm³/mol. The van der Waals surface area contributed by atoms with Crippen LogP contribution in [0, 0.1) is 5.92 Å². The highest BCUT2D eigenvalue weighted by Gasteiger charge is 2.49. The van der Waals surface area contributed by atoms with Crippen LogP contribution in [0.3, 0.4) is 0 Å². The standard InChI is InChI=1S/C23H27N3O4/c1-16(2)13-14-30-20-9-5-17(6-10-20)15-24-26-21(27)23(3,25-22(26)28)18-7-11-19(29-4)12-8-18/h5-12,15-16H,13-14H2,1-4H3,(H,25,28)/b24-15+. The normalized spacial score (nSPS) is 18.9.